The minimum atomic E-state index is 0.673. The lowest BCUT2D eigenvalue weighted by molar-refractivity contribution is 1.16. The van der Waals surface area contributed by atoms with Gasteiger partial charge in [-0.1, -0.05) is 137 Å². The zero-order valence-electron chi connectivity index (χ0n) is 19.9. The summed E-state index contributed by atoms with van der Waals surface area (Å²) in [5.74, 6) is 0.673. The first kappa shape index (κ1) is 24.3. The van der Waals surface area contributed by atoms with Crippen molar-refractivity contribution in [2.24, 2.45) is 0 Å². The maximum atomic E-state index is 4.87. The first-order valence-electron chi connectivity index (χ1n) is 11.4. The van der Waals surface area contributed by atoms with E-state index in [9.17, 15) is 0 Å². The third-order valence-electron chi connectivity index (χ3n) is 5.23. The number of aromatic nitrogens is 2. The van der Waals surface area contributed by atoms with Crippen LogP contribution in [0.15, 0.2) is 123 Å². The van der Waals surface area contributed by atoms with Crippen LogP contribution in [0.1, 0.15) is 25.1 Å². The van der Waals surface area contributed by atoms with E-state index >= 15 is 0 Å². The average Bonchev–Trinajstić information content (AvgIpc) is 2.93. The molecule has 0 amide bonds. The van der Waals surface area contributed by atoms with Gasteiger partial charge in [0.25, 0.3) is 0 Å². The molecule has 2 heteroatoms. The van der Waals surface area contributed by atoms with Crippen LogP contribution in [0.4, 0.5) is 0 Å². The summed E-state index contributed by atoms with van der Waals surface area (Å²) in [6, 6.07) is 28.8. The lowest BCUT2D eigenvalue weighted by atomic mass is 10.0. The smallest absolute Gasteiger partial charge is 0.160 e. The maximum Gasteiger partial charge on any atom is 0.160 e. The van der Waals surface area contributed by atoms with Gasteiger partial charge in [0.2, 0.25) is 0 Å². The highest BCUT2D eigenvalue weighted by Gasteiger charge is 2.11. The van der Waals surface area contributed by atoms with Gasteiger partial charge in [0.15, 0.2) is 5.82 Å². The molecule has 2 nitrogen and oxygen atoms in total. The second-order valence-corrected chi connectivity index (χ2v) is 7.29. The Morgan fingerprint density at radius 2 is 1.26 bits per heavy atom. The third kappa shape index (κ3) is 5.73. The van der Waals surface area contributed by atoms with E-state index in [1.807, 2.05) is 50.3 Å². The minimum absolute atomic E-state index is 0.673. The fourth-order valence-electron chi connectivity index (χ4n) is 3.49. The van der Waals surface area contributed by atoms with E-state index in [-0.39, 0.29) is 0 Å². The average molecular weight is 443 g/mol. The highest BCUT2D eigenvalue weighted by atomic mass is 14.9. The van der Waals surface area contributed by atoms with Crippen molar-refractivity contribution >= 4 is 11.6 Å². The van der Waals surface area contributed by atoms with E-state index in [1.165, 1.54) is 0 Å². The molecule has 0 bridgehead atoms. The molecule has 0 N–H and O–H groups in total. The van der Waals surface area contributed by atoms with Crippen LogP contribution in [-0.4, -0.2) is 9.97 Å². The Hall–Kier alpha value is -4.30. The molecule has 34 heavy (non-hydrogen) atoms. The van der Waals surface area contributed by atoms with E-state index in [2.05, 4.69) is 80.4 Å². The molecule has 0 aliphatic rings. The number of rotatable bonds is 7. The van der Waals surface area contributed by atoms with Gasteiger partial charge < -0.3 is 0 Å². The van der Waals surface area contributed by atoms with E-state index < -0.39 is 0 Å². The van der Waals surface area contributed by atoms with Gasteiger partial charge in [-0.05, 0) is 28.3 Å². The largest absolute Gasteiger partial charge is 0.228 e. The molecule has 0 aliphatic carbocycles. The van der Waals surface area contributed by atoms with Gasteiger partial charge in [0.1, 0.15) is 0 Å². The predicted octanol–water partition coefficient (Wildman–Crippen LogP) is 8.90. The zero-order chi connectivity index (χ0) is 24.3. The monoisotopic (exact) mass is 442 g/mol. The van der Waals surface area contributed by atoms with Crippen LogP contribution in [0, 0.1) is 0 Å². The summed E-state index contributed by atoms with van der Waals surface area (Å²) in [5, 5.41) is 0. The van der Waals surface area contributed by atoms with Crippen LogP contribution in [0.2, 0.25) is 0 Å². The Balaban J connectivity index is 0.00000158. The standard InChI is InChI=1S/C30H24N2.C2H6/c1-4-10-23(6-3)28-21-29(26-11-8-7-9-12-26)32-30(31-28)27-19-17-25(18-20-27)24-15-13-22(5-2)14-16-24;1-2/h4-21H,1-3H2;1-2H3/b23-10+;. The zero-order valence-corrected chi connectivity index (χ0v) is 19.9. The van der Waals surface area contributed by atoms with E-state index in [0.29, 0.717) is 5.82 Å². The van der Waals surface area contributed by atoms with Gasteiger partial charge in [0.05, 0.1) is 11.4 Å². The lowest BCUT2D eigenvalue weighted by Gasteiger charge is -2.10. The SMILES string of the molecule is C=C/C=C(\C=C)c1cc(-c2ccccc2)nc(-c2ccc(-c3ccc(C=C)cc3)cc2)n1.CC. The van der Waals surface area contributed by atoms with Crippen molar-refractivity contribution in [3.63, 3.8) is 0 Å². The molecule has 1 heterocycles. The van der Waals surface area contributed by atoms with Gasteiger partial charge >= 0.3 is 0 Å². The molecule has 0 aliphatic heterocycles. The summed E-state index contributed by atoms with van der Waals surface area (Å²) in [6.45, 7) is 15.6. The van der Waals surface area contributed by atoms with Gasteiger partial charge in [0, 0.05) is 11.1 Å². The Kier molecular flexibility index (Phi) is 8.65. The topological polar surface area (TPSA) is 25.8 Å². The molecule has 1 aromatic heterocycles. The Morgan fingerprint density at radius 1 is 0.676 bits per heavy atom. The molecule has 0 fully saturated rings. The number of hydrogen-bond donors (Lipinski definition) is 0. The summed E-state index contributed by atoms with van der Waals surface area (Å²) >= 11 is 0. The van der Waals surface area contributed by atoms with Crippen molar-refractivity contribution in [2.75, 3.05) is 0 Å². The summed E-state index contributed by atoms with van der Waals surface area (Å²) < 4.78 is 0. The van der Waals surface area contributed by atoms with Crippen molar-refractivity contribution < 1.29 is 0 Å². The second kappa shape index (κ2) is 12.1. The van der Waals surface area contributed by atoms with E-state index in [1.54, 1.807) is 12.2 Å². The van der Waals surface area contributed by atoms with Crippen LogP contribution in [0.25, 0.3) is 45.4 Å². The first-order valence-corrected chi connectivity index (χ1v) is 11.4. The molecule has 0 radical (unpaired) electrons. The molecule has 0 atom stereocenters. The van der Waals surface area contributed by atoms with Crippen LogP contribution in [0.5, 0.6) is 0 Å². The van der Waals surface area contributed by atoms with Crippen molar-refractivity contribution in [2.45, 2.75) is 13.8 Å². The molecule has 0 saturated heterocycles. The first-order chi connectivity index (χ1) is 16.7. The third-order valence-corrected chi connectivity index (χ3v) is 5.23. The van der Waals surface area contributed by atoms with Crippen molar-refractivity contribution in [3.05, 3.63) is 134 Å². The predicted molar refractivity (Wildman–Crippen MR) is 148 cm³/mol. The molecular formula is C32H30N2. The summed E-state index contributed by atoms with van der Waals surface area (Å²) in [6.07, 6.45) is 7.29. The summed E-state index contributed by atoms with van der Waals surface area (Å²) in [4.78, 5) is 9.70. The molecule has 3 aromatic carbocycles. The highest BCUT2D eigenvalue weighted by Crippen LogP contribution is 2.28. The number of benzene rings is 3. The van der Waals surface area contributed by atoms with Crippen LogP contribution in [-0.2, 0) is 0 Å². The van der Waals surface area contributed by atoms with E-state index in [4.69, 9.17) is 9.97 Å². The van der Waals surface area contributed by atoms with E-state index in [0.717, 1.165) is 44.8 Å². The second-order valence-electron chi connectivity index (χ2n) is 7.29. The Morgan fingerprint density at radius 3 is 1.82 bits per heavy atom. The Bertz CT molecular complexity index is 1280. The quantitative estimate of drug-likeness (QED) is 0.267. The molecule has 0 spiro atoms. The van der Waals surface area contributed by atoms with Gasteiger partial charge in [-0.2, -0.15) is 0 Å². The highest BCUT2D eigenvalue weighted by molar-refractivity contribution is 5.77. The molecular weight excluding hydrogens is 412 g/mol. The molecule has 4 aromatic rings. The lowest BCUT2D eigenvalue weighted by Crippen LogP contribution is -1.97. The van der Waals surface area contributed by atoms with Crippen LogP contribution in [0.3, 0.4) is 0 Å². The number of hydrogen-bond acceptors (Lipinski definition) is 2. The van der Waals surface area contributed by atoms with Gasteiger partial charge in [-0.3, -0.25) is 0 Å². The van der Waals surface area contributed by atoms with Crippen molar-refractivity contribution in [1.82, 2.24) is 9.97 Å². The fraction of sp³-hybridized carbons (Fsp3) is 0.0625. The van der Waals surface area contributed by atoms with Crippen LogP contribution >= 0.6 is 0 Å². The summed E-state index contributed by atoms with van der Waals surface area (Å²) in [7, 11) is 0. The number of allylic oxidation sites excluding steroid dienone is 4. The van der Waals surface area contributed by atoms with Gasteiger partial charge in [-0.25, -0.2) is 9.97 Å². The summed E-state index contributed by atoms with van der Waals surface area (Å²) in [5.41, 5.74) is 7.98. The molecule has 0 unspecified atom stereocenters. The molecule has 168 valence electrons. The van der Waals surface area contributed by atoms with Gasteiger partial charge in [-0.15, -0.1) is 0 Å². The Labute approximate surface area is 203 Å². The van der Waals surface area contributed by atoms with Crippen molar-refractivity contribution in [3.8, 4) is 33.8 Å². The maximum absolute atomic E-state index is 4.87. The normalized spacial score (nSPS) is 10.6. The molecule has 0 saturated carbocycles. The van der Waals surface area contributed by atoms with Crippen molar-refractivity contribution in [1.29, 1.82) is 0 Å². The molecule has 4 rings (SSSR count). The van der Waals surface area contributed by atoms with Crippen LogP contribution < -0.4 is 0 Å². The number of nitrogens with zero attached hydrogens (tertiary/aromatic N) is 2. The fourth-order valence-corrected chi connectivity index (χ4v) is 3.49. The minimum Gasteiger partial charge on any atom is -0.228 e.